The van der Waals surface area contributed by atoms with Crippen LogP contribution in [0.3, 0.4) is 0 Å². The highest BCUT2D eigenvalue weighted by Gasteiger charge is 2.24. The van der Waals surface area contributed by atoms with Crippen LogP contribution in [-0.2, 0) is 0 Å². The van der Waals surface area contributed by atoms with E-state index in [1.807, 2.05) is 35.2 Å². The lowest BCUT2D eigenvalue weighted by atomic mass is 9.96. The van der Waals surface area contributed by atoms with Crippen molar-refractivity contribution in [3.63, 3.8) is 0 Å². The summed E-state index contributed by atoms with van der Waals surface area (Å²) in [5, 5.41) is 9.97. The highest BCUT2D eigenvalue weighted by Crippen LogP contribution is 2.28. The molecule has 0 bridgehead atoms. The topological polar surface area (TPSA) is 131 Å². The smallest absolute Gasteiger partial charge is 0.251 e. The number of rotatable bonds is 10. The number of ether oxygens (including phenoxy) is 2. The number of methoxy groups -OCH3 is 1. The number of nitrogens with one attached hydrogen (secondary N) is 2. The molecule has 1 saturated heterocycles. The fourth-order valence-corrected chi connectivity index (χ4v) is 4.73. The van der Waals surface area contributed by atoms with Gasteiger partial charge in [-0.2, -0.15) is 5.10 Å². The Hall–Kier alpha value is -4.51. The third-order valence-corrected chi connectivity index (χ3v) is 6.89. The monoisotopic (exact) mass is 545 g/mol. The number of nitrogens with two attached hydrogens (primary N) is 1. The summed E-state index contributed by atoms with van der Waals surface area (Å²) < 4.78 is 25.7. The second-order valence-corrected chi connectivity index (χ2v) is 9.59. The van der Waals surface area contributed by atoms with E-state index >= 15 is 0 Å². The zero-order valence-corrected chi connectivity index (χ0v) is 22.3. The van der Waals surface area contributed by atoms with E-state index in [-0.39, 0.29) is 11.8 Å². The predicted molar refractivity (Wildman–Crippen MR) is 150 cm³/mol. The molecular formula is C29H32FN7O3. The summed E-state index contributed by atoms with van der Waals surface area (Å²) in [5.74, 6) is 1.42. The summed E-state index contributed by atoms with van der Waals surface area (Å²) in [6, 6.07) is 14.7. The molecule has 4 aromatic rings. The number of hydrogen-bond donors (Lipinski definition) is 3. The van der Waals surface area contributed by atoms with Crippen LogP contribution >= 0.6 is 0 Å². The molecule has 10 nitrogen and oxygen atoms in total. The Morgan fingerprint density at radius 1 is 1.15 bits per heavy atom. The molecular weight excluding hydrogens is 513 g/mol. The number of anilines is 1. The predicted octanol–water partition coefficient (Wildman–Crippen LogP) is 3.67. The number of carbonyl (C=O) groups is 1. The van der Waals surface area contributed by atoms with Gasteiger partial charge in [-0.05, 0) is 43.0 Å². The second kappa shape index (κ2) is 12.6. The third-order valence-electron chi connectivity index (χ3n) is 6.89. The first-order valence-corrected chi connectivity index (χ1v) is 13.2. The van der Waals surface area contributed by atoms with E-state index in [4.69, 9.17) is 15.2 Å². The molecule has 0 aliphatic carbocycles. The number of amides is 1. The second-order valence-electron chi connectivity index (χ2n) is 9.59. The van der Waals surface area contributed by atoms with Crippen molar-refractivity contribution in [3.05, 3.63) is 72.3 Å². The van der Waals surface area contributed by atoms with Crippen LogP contribution < -0.4 is 25.4 Å². The van der Waals surface area contributed by atoms with Crippen molar-refractivity contribution in [1.82, 2.24) is 25.5 Å². The van der Waals surface area contributed by atoms with Gasteiger partial charge in [-0.1, -0.05) is 18.2 Å². The summed E-state index contributed by atoms with van der Waals surface area (Å²) in [5.41, 5.74) is 8.59. The Morgan fingerprint density at radius 3 is 2.70 bits per heavy atom. The van der Waals surface area contributed by atoms with Crippen molar-refractivity contribution in [2.75, 3.05) is 44.8 Å². The van der Waals surface area contributed by atoms with Crippen LogP contribution in [0, 0.1) is 11.7 Å². The third kappa shape index (κ3) is 6.37. The van der Waals surface area contributed by atoms with Gasteiger partial charge in [-0.15, -0.1) is 0 Å². The van der Waals surface area contributed by atoms with E-state index < -0.39 is 5.82 Å². The first-order chi connectivity index (χ1) is 19.5. The largest absolute Gasteiger partial charge is 0.497 e. The molecule has 0 radical (unpaired) electrons. The average molecular weight is 546 g/mol. The van der Waals surface area contributed by atoms with Crippen LogP contribution in [0.15, 0.2) is 60.9 Å². The summed E-state index contributed by atoms with van der Waals surface area (Å²) in [6.07, 6.45) is 4.50. The van der Waals surface area contributed by atoms with Gasteiger partial charge in [0, 0.05) is 55.1 Å². The standard InChI is InChI=1S/C29H32FN7O3/c1-39-23-14-22(15-24(16-23)40-12-8-31)29(38)33-17-19-6-10-37(11-7-19)28-25(30)18-32-27(35-28)21-4-2-3-20(13-21)26-5-9-34-36-26/h2-5,9,13-16,18-19H,6-8,10-12,17,31H2,1H3,(H,33,38)(H,34,36). The van der Waals surface area contributed by atoms with Gasteiger partial charge in [0.05, 0.1) is 19.0 Å². The minimum absolute atomic E-state index is 0.206. The quantitative estimate of drug-likeness (QED) is 0.275. The zero-order valence-electron chi connectivity index (χ0n) is 22.3. The molecule has 3 heterocycles. The van der Waals surface area contributed by atoms with Gasteiger partial charge in [0.25, 0.3) is 5.91 Å². The Bertz CT molecular complexity index is 1440. The van der Waals surface area contributed by atoms with Gasteiger partial charge in [-0.25, -0.2) is 14.4 Å². The van der Waals surface area contributed by atoms with Crippen LogP contribution in [0.1, 0.15) is 23.2 Å². The molecule has 1 aliphatic rings. The first-order valence-electron chi connectivity index (χ1n) is 13.2. The number of benzene rings is 2. The van der Waals surface area contributed by atoms with Crippen molar-refractivity contribution < 1.29 is 18.7 Å². The van der Waals surface area contributed by atoms with Gasteiger partial charge in [0.15, 0.2) is 17.5 Å². The zero-order chi connectivity index (χ0) is 27.9. The molecule has 208 valence electrons. The van der Waals surface area contributed by atoms with E-state index in [2.05, 4.69) is 25.5 Å². The molecule has 1 fully saturated rings. The van der Waals surface area contributed by atoms with Crippen LogP contribution in [0.4, 0.5) is 10.2 Å². The molecule has 0 atom stereocenters. The Labute approximate surface area is 231 Å². The number of aromatic nitrogens is 4. The maximum Gasteiger partial charge on any atom is 0.251 e. The van der Waals surface area contributed by atoms with Crippen molar-refractivity contribution in [1.29, 1.82) is 0 Å². The lowest BCUT2D eigenvalue weighted by molar-refractivity contribution is 0.0944. The van der Waals surface area contributed by atoms with Crippen LogP contribution in [0.2, 0.25) is 0 Å². The first kappa shape index (κ1) is 27.1. The molecule has 11 heteroatoms. The minimum Gasteiger partial charge on any atom is -0.497 e. The van der Waals surface area contributed by atoms with Crippen molar-refractivity contribution >= 4 is 11.7 Å². The molecule has 2 aromatic heterocycles. The fraction of sp³-hybridized carbons (Fsp3) is 0.310. The van der Waals surface area contributed by atoms with E-state index in [9.17, 15) is 9.18 Å². The van der Waals surface area contributed by atoms with Crippen LogP contribution in [0.25, 0.3) is 22.6 Å². The number of aromatic amines is 1. The van der Waals surface area contributed by atoms with E-state index in [1.165, 1.54) is 6.20 Å². The molecule has 0 spiro atoms. The molecule has 4 N–H and O–H groups in total. The average Bonchev–Trinajstić information content (AvgIpc) is 3.55. The number of hydrogen-bond acceptors (Lipinski definition) is 8. The molecule has 1 amide bonds. The normalized spacial score (nSPS) is 13.7. The lowest BCUT2D eigenvalue weighted by Crippen LogP contribution is -2.39. The number of H-pyrrole nitrogens is 1. The highest BCUT2D eigenvalue weighted by molar-refractivity contribution is 5.95. The minimum atomic E-state index is -0.453. The summed E-state index contributed by atoms with van der Waals surface area (Å²) in [4.78, 5) is 23.6. The van der Waals surface area contributed by atoms with Gasteiger partial charge < -0.3 is 25.4 Å². The summed E-state index contributed by atoms with van der Waals surface area (Å²) >= 11 is 0. The molecule has 1 aliphatic heterocycles. The van der Waals surface area contributed by atoms with Gasteiger partial charge in [0.2, 0.25) is 0 Å². The molecule has 0 saturated carbocycles. The molecule has 40 heavy (non-hydrogen) atoms. The maximum absolute atomic E-state index is 14.8. The van der Waals surface area contributed by atoms with Gasteiger partial charge >= 0.3 is 0 Å². The number of nitrogens with zero attached hydrogens (tertiary/aromatic N) is 4. The number of piperidine rings is 1. The van der Waals surface area contributed by atoms with Crippen molar-refractivity contribution in [2.24, 2.45) is 11.7 Å². The SMILES string of the molecule is COc1cc(OCCN)cc(C(=O)NCC2CCN(c3nc(-c4cccc(-c5ccn[nH]5)c4)ncc3F)CC2)c1. The van der Waals surface area contributed by atoms with E-state index in [0.29, 0.717) is 61.5 Å². The summed E-state index contributed by atoms with van der Waals surface area (Å²) in [6.45, 7) is 2.48. The lowest BCUT2D eigenvalue weighted by Gasteiger charge is -2.33. The Balaban J connectivity index is 1.20. The van der Waals surface area contributed by atoms with Crippen LogP contribution in [-0.4, -0.2) is 66.0 Å². The van der Waals surface area contributed by atoms with E-state index in [1.54, 1.807) is 31.5 Å². The molecule has 2 aromatic carbocycles. The Kier molecular flexibility index (Phi) is 8.50. The fourth-order valence-electron chi connectivity index (χ4n) is 4.73. The van der Waals surface area contributed by atoms with Gasteiger partial charge in [0.1, 0.15) is 18.1 Å². The Morgan fingerprint density at radius 2 is 1.95 bits per heavy atom. The van der Waals surface area contributed by atoms with Crippen LogP contribution in [0.5, 0.6) is 11.5 Å². The van der Waals surface area contributed by atoms with E-state index in [0.717, 1.165) is 29.7 Å². The maximum atomic E-state index is 14.8. The van der Waals surface area contributed by atoms with Crippen molar-refractivity contribution in [3.8, 4) is 34.1 Å². The molecule has 5 rings (SSSR count). The summed E-state index contributed by atoms with van der Waals surface area (Å²) in [7, 11) is 1.54. The van der Waals surface area contributed by atoms with Crippen molar-refractivity contribution in [2.45, 2.75) is 12.8 Å². The number of carbonyl (C=O) groups excluding carboxylic acids is 1. The van der Waals surface area contributed by atoms with Gasteiger partial charge in [-0.3, -0.25) is 9.89 Å². The molecule has 0 unspecified atom stereocenters. The highest BCUT2D eigenvalue weighted by atomic mass is 19.1. The number of halogens is 1.